The largest absolute Gasteiger partial charge is 0.459 e. The van der Waals surface area contributed by atoms with Crippen LogP contribution in [0, 0.1) is 6.07 Å². The lowest BCUT2D eigenvalue weighted by Crippen LogP contribution is -1.70. The van der Waals surface area contributed by atoms with Crippen molar-refractivity contribution >= 4 is 11.1 Å². The Hall–Kier alpha value is -2.03. The van der Waals surface area contributed by atoms with Crippen molar-refractivity contribution in [2.45, 2.75) is 0 Å². The van der Waals surface area contributed by atoms with Gasteiger partial charge in [0.05, 0.1) is 6.26 Å². The number of nitrogens with zero attached hydrogens (tertiary/aromatic N) is 1. The second-order valence-electron chi connectivity index (χ2n) is 2.90. The van der Waals surface area contributed by atoms with Gasteiger partial charge < -0.3 is 8.83 Å². The Bertz CT molecular complexity index is 518. The van der Waals surface area contributed by atoms with E-state index in [1.807, 2.05) is 24.3 Å². The SMILES string of the molecule is [c]1coc(-c2nc3ccccc3o2)c1. The molecule has 3 aromatic rings. The van der Waals surface area contributed by atoms with Crippen LogP contribution in [0.25, 0.3) is 22.8 Å². The summed E-state index contributed by atoms with van der Waals surface area (Å²) in [6, 6.07) is 12.1. The van der Waals surface area contributed by atoms with Gasteiger partial charge in [0.2, 0.25) is 0 Å². The highest BCUT2D eigenvalue weighted by Gasteiger charge is 2.08. The van der Waals surface area contributed by atoms with Crippen LogP contribution >= 0.6 is 0 Å². The van der Waals surface area contributed by atoms with Crippen molar-refractivity contribution in [2.75, 3.05) is 0 Å². The molecule has 67 valence electrons. The highest BCUT2D eigenvalue weighted by Crippen LogP contribution is 2.23. The first-order chi connectivity index (χ1) is 6.93. The number of aromatic nitrogens is 1. The number of furan rings is 1. The standard InChI is InChI=1S/C11H6NO2/c1-2-5-9-8(4-1)12-11(14-9)10-6-3-7-13-10/h1-2,4-7H. The van der Waals surface area contributed by atoms with Gasteiger partial charge in [-0.15, -0.1) is 0 Å². The highest BCUT2D eigenvalue weighted by molar-refractivity contribution is 5.75. The van der Waals surface area contributed by atoms with Gasteiger partial charge in [0, 0.05) is 6.07 Å². The Kier molecular flexibility index (Phi) is 1.44. The molecule has 0 N–H and O–H groups in total. The molecule has 0 aliphatic rings. The van der Waals surface area contributed by atoms with Gasteiger partial charge in [-0.2, -0.15) is 0 Å². The van der Waals surface area contributed by atoms with E-state index >= 15 is 0 Å². The number of fused-ring (bicyclic) bond motifs is 1. The maximum atomic E-state index is 5.49. The third-order valence-electron chi connectivity index (χ3n) is 1.97. The summed E-state index contributed by atoms with van der Waals surface area (Å²) in [7, 11) is 0. The maximum absolute atomic E-state index is 5.49. The molecule has 0 bridgehead atoms. The monoisotopic (exact) mass is 184 g/mol. The third kappa shape index (κ3) is 1.03. The van der Waals surface area contributed by atoms with Gasteiger partial charge in [-0.25, -0.2) is 4.98 Å². The second kappa shape index (κ2) is 2.73. The molecule has 0 saturated carbocycles. The fraction of sp³-hybridized carbons (Fsp3) is 0. The van der Waals surface area contributed by atoms with Crippen LogP contribution in [0.1, 0.15) is 0 Å². The molecule has 0 spiro atoms. The topological polar surface area (TPSA) is 39.2 Å². The van der Waals surface area contributed by atoms with E-state index in [0.717, 1.165) is 11.1 Å². The lowest BCUT2D eigenvalue weighted by Gasteiger charge is -1.84. The molecular weight excluding hydrogens is 178 g/mol. The summed E-state index contributed by atoms with van der Waals surface area (Å²) < 4.78 is 10.6. The van der Waals surface area contributed by atoms with E-state index in [1.54, 1.807) is 6.07 Å². The molecule has 3 rings (SSSR count). The molecule has 1 aromatic carbocycles. The van der Waals surface area contributed by atoms with E-state index in [2.05, 4.69) is 11.1 Å². The first-order valence-corrected chi connectivity index (χ1v) is 4.24. The van der Waals surface area contributed by atoms with Gasteiger partial charge in [-0.3, -0.25) is 0 Å². The fourth-order valence-corrected chi connectivity index (χ4v) is 1.33. The predicted octanol–water partition coefficient (Wildman–Crippen LogP) is 2.89. The van der Waals surface area contributed by atoms with E-state index in [-0.39, 0.29) is 0 Å². The Labute approximate surface area is 80.0 Å². The van der Waals surface area contributed by atoms with Gasteiger partial charge >= 0.3 is 0 Å². The van der Waals surface area contributed by atoms with Crippen LogP contribution in [-0.2, 0) is 0 Å². The van der Waals surface area contributed by atoms with E-state index in [1.165, 1.54) is 6.26 Å². The number of hydrogen-bond donors (Lipinski definition) is 0. The molecule has 0 amide bonds. The summed E-state index contributed by atoms with van der Waals surface area (Å²) in [5.74, 6) is 1.09. The Balaban J connectivity index is 2.24. The lowest BCUT2D eigenvalue weighted by atomic mass is 10.3. The van der Waals surface area contributed by atoms with Crippen LogP contribution in [0.2, 0.25) is 0 Å². The van der Waals surface area contributed by atoms with Crippen LogP contribution in [0.3, 0.4) is 0 Å². The molecule has 0 aliphatic carbocycles. The van der Waals surface area contributed by atoms with E-state index in [0.29, 0.717) is 11.7 Å². The van der Waals surface area contributed by atoms with Crippen molar-refractivity contribution in [3.8, 4) is 11.7 Å². The molecule has 3 heteroatoms. The second-order valence-corrected chi connectivity index (χ2v) is 2.90. The maximum Gasteiger partial charge on any atom is 0.263 e. The molecule has 0 fully saturated rings. The van der Waals surface area contributed by atoms with E-state index < -0.39 is 0 Å². The number of rotatable bonds is 1. The minimum atomic E-state index is 0.493. The summed E-state index contributed by atoms with van der Waals surface area (Å²) in [5.41, 5.74) is 1.60. The molecular formula is C11H6NO2. The summed E-state index contributed by atoms with van der Waals surface area (Å²) in [6.45, 7) is 0. The van der Waals surface area contributed by atoms with Crippen molar-refractivity contribution in [3.63, 3.8) is 0 Å². The van der Waals surface area contributed by atoms with Crippen LogP contribution in [0.4, 0.5) is 0 Å². The van der Waals surface area contributed by atoms with Gasteiger partial charge in [0.25, 0.3) is 5.89 Å². The molecule has 0 saturated heterocycles. The number of oxazole rings is 1. The molecule has 0 aliphatic heterocycles. The zero-order valence-corrected chi connectivity index (χ0v) is 7.23. The summed E-state index contributed by atoms with van der Waals surface area (Å²) in [4.78, 5) is 4.27. The average molecular weight is 184 g/mol. The summed E-state index contributed by atoms with van der Waals surface area (Å²) in [5, 5.41) is 0. The lowest BCUT2D eigenvalue weighted by molar-refractivity contribution is 0.534. The van der Waals surface area contributed by atoms with Gasteiger partial charge in [0.1, 0.15) is 5.52 Å². The number of para-hydroxylation sites is 2. The first-order valence-electron chi connectivity index (χ1n) is 4.24. The molecule has 0 unspecified atom stereocenters. The van der Waals surface area contributed by atoms with Crippen LogP contribution < -0.4 is 0 Å². The van der Waals surface area contributed by atoms with Gasteiger partial charge in [0.15, 0.2) is 11.3 Å². The summed E-state index contributed by atoms with van der Waals surface area (Å²) in [6.07, 6.45) is 1.48. The summed E-state index contributed by atoms with van der Waals surface area (Å²) >= 11 is 0. The number of benzene rings is 1. The molecule has 0 atom stereocenters. The highest BCUT2D eigenvalue weighted by atomic mass is 16.4. The number of hydrogen-bond acceptors (Lipinski definition) is 3. The quantitative estimate of drug-likeness (QED) is 0.583. The van der Waals surface area contributed by atoms with Gasteiger partial charge in [-0.05, 0) is 18.2 Å². The zero-order chi connectivity index (χ0) is 9.38. The van der Waals surface area contributed by atoms with Crippen LogP contribution in [-0.4, -0.2) is 4.98 Å². The minimum Gasteiger partial charge on any atom is -0.459 e. The molecule has 2 aromatic heterocycles. The molecule has 14 heavy (non-hydrogen) atoms. The molecule has 3 nitrogen and oxygen atoms in total. The van der Waals surface area contributed by atoms with Crippen LogP contribution in [0.5, 0.6) is 0 Å². The molecule has 2 heterocycles. The predicted molar refractivity (Wildman–Crippen MR) is 50.5 cm³/mol. The average Bonchev–Trinajstić information content (AvgIpc) is 2.86. The molecule has 1 radical (unpaired) electrons. The Morgan fingerprint density at radius 3 is 2.93 bits per heavy atom. The normalized spacial score (nSPS) is 10.9. The van der Waals surface area contributed by atoms with E-state index in [4.69, 9.17) is 8.83 Å². The van der Waals surface area contributed by atoms with Crippen molar-refractivity contribution in [2.24, 2.45) is 0 Å². The van der Waals surface area contributed by atoms with E-state index in [9.17, 15) is 0 Å². The van der Waals surface area contributed by atoms with Crippen molar-refractivity contribution < 1.29 is 8.83 Å². The van der Waals surface area contributed by atoms with Crippen molar-refractivity contribution in [1.29, 1.82) is 0 Å². The first kappa shape index (κ1) is 7.38. The van der Waals surface area contributed by atoms with Crippen molar-refractivity contribution in [1.82, 2.24) is 4.98 Å². The minimum absolute atomic E-state index is 0.493. The third-order valence-corrected chi connectivity index (χ3v) is 1.97. The fourth-order valence-electron chi connectivity index (χ4n) is 1.33. The zero-order valence-electron chi connectivity index (χ0n) is 7.23. The van der Waals surface area contributed by atoms with Crippen LogP contribution in [0.15, 0.2) is 45.4 Å². The smallest absolute Gasteiger partial charge is 0.263 e. The Morgan fingerprint density at radius 2 is 2.14 bits per heavy atom. The Morgan fingerprint density at radius 1 is 1.21 bits per heavy atom. The van der Waals surface area contributed by atoms with Crippen molar-refractivity contribution in [3.05, 3.63) is 42.7 Å². The van der Waals surface area contributed by atoms with Gasteiger partial charge in [-0.1, -0.05) is 12.1 Å².